The second kappa shape index (κ2) is 16.0. The minimum atomic E-state index is -0.329. The van der Waals surface area contributed by atoms with Crippen molar-refractivity contribution < 1.29 is 14.2 Å². The molecule has 0 saturated carbocycles. The summed E-state index contributed by atoms with van der Waals surface area (Å²) < 4.78 is 18.9. The summed E-state index contributed by atoms with van der Waals surface area (Å²) in [7, 11) is 1.69. The van der Waals surface area contributed by atoms with Crippen LogP contribution in [-0.4, -0.2) is 60.9 Å². The topological polar surface area (TPSA) is 74.0 Å². The lowest BCUT2D eigenvalue weighted by molar-refractivity contribution is -0.0440. The number of piperazine rings is 1. The molecule has 0 aliphatic carbocycles. The van der Waals surface area contributed by atoms with E-state index in [0.717, 1.165) is 43.2 Å². The van der Waals surface area contributed by atoms with Crippen molar-refractivity contribution >= 4 is 34.6 Å². The molecule has 6 rings (SSSR count). The number of benzene rings is 3. The molecular weight excluding hydrogens is 601 g/mol. The maximum atomic E-state index is 12.4. The summed E-state index contributed by atoms with van der Waals surface area (Å²) >= 11 is 11.7. The molecule has 3 heterocycles. The molecule has 2 aliphatic heterocycles. The summed E-state index contributed by atoms with van der Waals surface area (Å²) in [6, 6.07) is 21.7. The summed E-state index contributed by atoms with van der Waals surface area (Å²) in [5.41, 5.74) is 3.96. The SMILES string of the molecule is CC.COc1ccc(N2CCN(c3ccc(-n4cnn(C(C)C)c4=O)cc3)CC2)cc1.Clc1ccc(C2OCCO2)c(Cl)c1. The number of rotatable bonds is 6. The zero-order valence-electron chi connectivity index (χ0n) is 26.0. The number of halogens is 2. The lowest BCUT2D eigenvalue weighted by Gasteiger charge is -2.37. The highest BCUT2D eigenvalue weighted by molar-refractivity contribution is 6.35. The number of methoxy groups -OCH3 is 1. The molecule has 44 heavy (non-hydrogen) atoms. The van der Waals surface area contributed by atoms with Crippen molar-refractivity contribution in [2.24, 2.45) is 0 Å². The van der Waals surface area contributed by atoms with Crippen LogP contribution in [0.1, 0.15) is 45.6 Å². The molecule has 236 valence electrons. The Bertz CT molecular complexity index is 1510. The van der Waals surface area contributed by atoms with Gasteiger partial charge in [-0.05, 0) is 74.5 Å². The average Bonchev–Trinajstić information content (AvgIpc) is 3.73. The van der Waals surface area contributed by atoms with Crippen molar-refractivity contribution in [2.45, 2.75) is 40.0 Å². The van der Waals surface area contributed by atoms with Crippen LogP contribution in [0.5, 0.6) is 5.75 Å². The molecule has 9 nitrogen and oxygen atoms in total. The smallest absolute Gasteiger partial charge is 0.350 e. The summed E-state index contributed by atoms with van der Waals surface area (Å²) in [4.78, 5) is 17.2. The molecule has 2 saturated heterocycles. The lowest BCUT2D eigenvalue weighted by atomic mass is 10.2. The number of hydrogen-bond acceptors (Lipinski definition) is 7. The van der Waals surface area contributed by atoms with Crippen molar-refractivity contribution in [3.63, 3.8) is 0 Å². The van der Waals surface area contributed by atoms with Crippen molar-refractivity contribution in [3.05, 3.63) is 99.2 Å². The molecule has 0 radical (unpaired) electrons. The Labute approximate surface area is 269 Å². The van der Waals surface area contributed by atoms with E-state index in [9.17, 15) is 4.79 Å². The van der Waals surface area contributed by atoms with Crippen LogP contribution in [0, 0.1) is 0 Å². The van der Waals surface area contributed by atoms with Crippen molar-refractivity contribution in [2.75, 3.05) is 56.3 Å². The van der Waals surface area contributed by atoms with Crippen LogP contribution in [0.2, 0.25) is 10.0 Å². The molecule has 1 aromatic heterocycles. The Kier molecular flexibility index (Phi) is 12.1. The molecule has 2 aliphatic rings. The van der Waals surface area contributed by atoms with E-state index in [0.29, 0.717) is 23.3 Å². The molecular formula is C33H41Cl2N5O4. The van der Waals surface area contributed by atoms with E-state index in [1.165, 1.54) is 16.1 Å². The first-order valence-corrected chi connectivity index (χ1v) is 15.7. The fraction of sp³-hybridized carbons (Fsp3) is 0.394. The largest absolute Gasteiger partial charge is 0.497 e. The third-order valence-corrected chi connectivity index (χ3v) is 7.79. The highest BCUT2D eigenvalue weighted by Gasteiger charge is 2.21. The average molecular weight is 643 g/mol. The minimum Gasteiger partial charge on any atom is -0.497 e. The molecule has 3 aromatic carbocycles. The predicted octanol–water partition coefficient (Wildman–Crippen LogP) is 7.02. The molecule has 0 atom stereocenters. The van der Waals surface area contributed by atoms with Gasteiger partial charge in [0.05, 0.1) is 37.1 Å². The fourth-order valence-corrected chi connectivity index (χ4v) is 5.42. The van der Waals surface area contributed by atoms with Gasteiger partial charge in [-0.3, -0.25) is 0 Å². The van der Waals surface area contributed by atoms with Crippen LogP contribution in [0.3, 0.4) is 0 Å². The highest BCUT2D eigenvalue weighted by atomic mass is 35.5. The highest BCUT2D eigenvalue weighted by Crippen LogP contribution is 2.31. The first-order valence-electron chi connectivity index (χ1n) is 14.9. The fourth-order valence-electron chi connectivity index (χ4n) is 4.92. The Hall–Kier alpha value is -3.50. The maximum absolute atomic E-state index is 12.4. The monoisotopic (exact) mass is 641 g/mol. The van der Waals surface area contributed by atoms with E-state index < -0.39 is 0 Å². The van der Waals surface area contributed by atoms with Gasteiger partial charge in [-0.25, -0.2) is 14.0 Å². The van der Waals surface area contributed by atoms with Crippen molar-refractivity contribution in [1.29, 1.82) is 0 Å². The second-order valence-corrected chi connectivity index (χ2v) is 11.1. The summed E-state index contributed by atoms with van der Waals surface area (Å²) in [5.74, 6) is 0.880. The van der Waals surface area contributed by atoms with Crippen LogP contribution < -0.4 is 20.2 Å². The number of nitrogens with zero attached hydrogens (tertiary/aromatic N) is 5. The van der Waals surface area contributed by atoms with Crippen LogP contribution in [0.4, 0.5) is 11.4 Å². The van der Waals surface area contributed by atoms with Gasteiger partial charge in [-0.1, -0.05) is 43.1 Å². The first kappa shape index (κ1) is 33.4. The summed E-state index contributed by atoms with van der Waals surface area (Å²) in [6.07, 6.45) is 1.26. The Morgan fingerprint density at radius 1 is 0.818 bits per heavy atom. The first-order chi connectivity index (χ1) is 21.3. The zero-order chi connectivity index (χ0) is 31.6. The van der Waals surface area contributed by atoms with Crippen LogP contribution in [-0.2, 0) is 9.47 Å². The van der Waals surface area contributed by atoms with Gasteiger partial charge in [-0.15, -0.1) is 0 Å². The van der Waals surface area contributed by atoms with Gasteiger partial charge >= 0.3 is 5.69 Å². The van der Waals surface area contributed by atoms with Gasteiger partial charge in [0.2, 0.25) is 0 Å². The van der Waals surface area contributed by atoms with Gasteiger partial charge in [0.1, 0.15) is 12.1 Å². The van der Waals surface area contributed by atoms with E-state index in [-0.39, 0.29) is 18.0 Å². The van der Waals surface area contributed by atoms with Crippen LogP contribution in [0.25, 0.3) is 5.69 Å². The molecule has 2 fully saturated rings. The van der Waals surface area contributed by atoms with Crippen molar-refractivity contribution in [3.8, 4) is 11.4 Å². The third kappa shape index (κ3) is 8.15. The Balaban J connectivity index is 0.000000245. The van der Waals surface area contributed by atoms with E-state index in [1.807, 2.05) is 58.0 Å². The van der Waals surface area contributed by atoms with Gasteiger partial charge in [0.15, 0.2) is 6.29 Å². The molecule has 0 bridgehead atoms. The molecule has 0 spiro atoms. The van der Waals surface area contributed by atoms with E-state index in [1.54, 1.807) is 30.1 Å². The summed E-state index contributed by atoms with van der Waals surface area (Å²) in [5, 5.41) is 5.40. The zero-order valence-corrected chi connectivity index (χ0v) is 27.5. The molecule has 4 aromatic rings. The number of hydrogen-bond donors (Lipinski definition) is 0. The Morgan fingerprint density at radius 2 is 1.34 bits per heavy atom. The standard InChI is InChI=1S/C22H27N5O2.C9H8Cl2O2.C2H6/c1-17(2)27-22(28)26(16-23-27)20-6-4-18(5-7-20)24-12-14-25(15-13-24)19-8-10-21(29-3)11-9-19;10-6-1-2-7(8(11)5-6)9-12-3-4-13-9;1-2/h4-11,16-17H,12-15H2,1-3H3;1-2,5,9H,3-4H2;1-2H3. The second-order valence-electron chi connectivity index (χ2n) is 10.2. The van der Waals surface area contributed by atoms with Gasteiger partial charge in [-0.2, -0.15) is 5.10 Å². The quantitative estimate of drug-likeness (QED) is 0.224. The minimum absolute atomic E-state index is 0.0463. The van der Waals surface area contributed by atoms with Crippen molar-refractivity contribution in [1.82, 2.24) is 14.3 Å². The number of aromatic nitrogens is 3. The van der Waals surface area contributed by atoms with Crippen LogP contribution >= 0.6 is 23.2 Å². The lowest BCUT2D eigenvalue weighted by Crippen LogP contribution is -2.46. The molecule has 0 amide bonds. The van der Waals surface area contributed by atoms with Gasteiger partial charge in [0, 0.05) is 48.1 Å². The summed E-state index contributed by atoms with van der Waals surface area (Å²) in [6.45, 7) is 13.0. The number of anilines is 2. The van der Waals surface area contributed by atoms with E-state index in [4.69, 9.17) is 37.4 Å². The van der Waals surface area contributed by atoms with E-state index in [2.05, 4.69) is 39.2 Å². The Morgan fingerprint density at radius 3 is 1.82 bits per heavy atom. The molecule has 0 unspecified atom stereocenters. The molecule has 0 N–H and O–H groups in total. The predicted molar refractivity (Wildman–Crippen MR) is 178 cm³/mol. The number of ether oxygens (including phenoxy) is 3. The van der Waals surface area contributed by atoms with Gasteiger partial charge < -0.3 is 24.0 Å². The maximum Gasteiger partial charge on any atom is 0.350 e. The molecule has 11 heteroatoms. The van der Waals surface area contributed by atoms with Gasteiger partial charge in [0.25, 0.3) is 0 Å². The van der Waals surface area contributed by atoms with E-state index >= 15 is 0 Å². The normalized spacial score (nSPS) is 15.0. The van der Waals surface area contributed by atoms with Crippen LogP contribution in [0.15, 0.2) is 77.9 Å². The third-order valence-electron chi connectivity index (χ3n) is 7.23.